The van der Waals surface area contributed by atoms with Gasteiger partial charge >= 0.3 is 0 Å². The molecule has 4 rings (SSSR count). The number of amides is 1. The topological polar surface area (TPSA) is 68.2 Å². The van der Waals surface area contributed by atoms with Gasteiger partial charge in [0, 0.05) is 11.3 Å². The normalized spacial score (nSPS) is 18.2. The molecule has 1 saturated heterocycles. The Labute approximate surface area is 179 Å². The van der Waals surface area contributed by atoms with E-state index in [9.17, 15) is 9.59 Å². The minimum absolute atomic E-state index is 0.0571. The Kier molecular flexibility index (Phi) is 5.63. The second-order valence-electron chi connectivity index (χ2n) is 7.09. The maximum atomic E-state index is 12.6. The van der Waals surface area contributed by atoms with E-state index in [0.717, 1.165) is 11.1 Å². The van der Waals surface area contributed by atoms with Crippen molar-refractivity contribution in [2.75, 3.05) is 12.9 Å². The van der Waals surface area contributed by atoms with Gasteiger partial charge in [0.2, 0.25) is 5.91 Å². The van der Waals surface area contributed by atoms with Crippen molar-refractivity contribution in [1.29, 1.82) is 0 Å². The summed E-state index contributed by atoms with van der Waals surface area (Å²) < 4.78 is 11.5. The van der Waals surface area contributed by atoms with Crippen molar-refractivity contribution in [2.24, 2.45) is 4.99 Å². The Morgan fingerprint density at radius 2 is 1.97 bits per heavy atom. The minimum atomic E-state index is -0.519. The van der Waals surface area contributed by atoms with E-state index in [1.807, 2.05) is 55.5 Å². The Bertz CT molecular complexity index is 1060. The van der Waals surface area contributed by atoms with E-state index >= 15 is 0 Å². The molecule has 1 fully saturated rings. The molecule has 0 N–H and O–H groups in total. The third-order valence-corrected chi connectivity index (χ3v) is 6.04. The lowest BCUT2D eigenvalue weighted by Crippen LogP contribution is -2.39. The summed E-state index contributed by atoms with van der Waals surface area (Å²) in [4.78, 5) is 31.1. The highest BCUT2D eigenvalue weighted by atomic mass is 32.2. The molecule has 30 heavy (non-hydrogen) atoms. The first-order valence-electron chi connectivity index (χ1n) is 9.59. The van der Waals surface area contributed by atoms with Crippen molar-refractivity contribution < 1.29 is 19.1 Å². The number of aliphatic imine (C=N–C) groups is 1. The van der Waals surface area contributed by atoms with E-state index in [-0.39, 0.29) is 11.7 Å². The minimum Gasteiger partial charge on any atom is -0.493 e. The van der Waals surface area contributed by atoms with Crippen molar-refractivity contribution in [3.05, 3.63) is 70.9 Å². The van der Waals surface area contributed by atoms with Gasteiger partial charge < -0.3 is 9.47 Å². The predicted octanol–water partition coefficient (Wildman–Crippen LogP) is 4.12. The van der Waals surface area contributed by atoms with Crippen molar-refractivity contribution in [2.45, 2.75) is 26.5 Å². The van der Waals surface area contributed by atoms with Crippen molar-refractivity contribution in [3.8, 4) is 11.5 Å². The van der Waals surface area contributed by atoms with Crippen LogP contribution in [-0.4, -0.2) is 34.6 Å². The number of methoxy groups -OCH3 is 1. The largest absolute Gasteiger partial charge is 0.493 e. The van der Waals surface area contributed by atoms with E-state index in [4.69, 9.17) is 9.47 Å². The molecule has 0 unspecified atom stereocenters. The lowest BCUT2D eigenvalue weighted by molar-refractivity contribution is -0.125. The predicted molar refractivity (Wildman–Crippen MR) is 117 cm³/mol. The molecule has 154 valence electrons. The summed E-state index contributed by atoms with van der Waals surface area (Å²) in [6, 6.07) is 14.9. The maximum absolute atomic E-state index is 12.6. The Morgan fingerprint density at radius 1 is 1.20 bits per heavy atom. The first-order chi connectivity index (χ1) is 14.5. The number of fused-ring (bicyclic) bond motifs is 1. The van der Waals surface area contributed by atoms with Crippen molar-refractivity contribution in [1.82, 2.24) is 4.90 Å². The molecule has 0 bridgehead atoms. The zero-order chi connectivity index (χ0) is 21.3. The van der Waals surface area contributed by atoms with Crippen LogP contribution in [0.4, 0.5) is 0 Å². The molecule has 0 radical (unpaired) electrons. The molecule has 6 nitrogen and oxygen atoms in total. The third kappa shape index (κ3) is 3.73. The van der Waals surface area contributed by atoms with Gasteiger partial charge in [0.05, 0.1) is 18.9 Å². The summed E-state index contributed by atoms with van der Waals surface area (Å²) in [6.07, 6.45) is 0. The third-order valence-electron chi connectivity index (χ3n) is 5.10. The number of rotatable bonds is 6. The van der Waals surface area contributed by atoms with E-state index in [2.05, 4.69) is 4.99 Å². The summed E-state index contributed by atoms with van der Waals surface area (Å²) in [5.41, 5.74) is 3.00. The number of nitrogens with zero attached hydrogens (tertiary/aromatic N) is 2. The number of benzene rings is 2. The van der Waals surface area contributed by atoms with Gasteiger partial charge in [-0.15, -0.1) is 0 Å². The van der Waals surface area contributed by atoms with Gasteiger partial charge in [-0.1, -0.05) is 48.2 Å². The zero-order valence-electron chi connectivity index (χ0n) is 17.0. The lowest BCUT2D eigenvalue weighted by Gasteiger charge is -2.33. The van der Waals surface area contributed by atoms with Gasteiger partial charge in [-0.2, -0.15) is 0 Å². The van der Waals surface area contributed by atoms with Crippen LogP contribution in [0.3, 0.4) is 0 Å². The highest BCUT2D eigenvalue weighted by Crippen LogP contribution is 2.43. The Balaban J connectivity index is 1.69. The molecule has 0 aromatic heterocycles. The molecule has 2 aliphatic rings. The number of thioether (sulfide) groups is 1. The Hall–Kier alpha value is -3.06. The molecule has 1 atom stereocenters. The number of amidine groups is 1. The van der Waals surface area contributed by atoms with Gasteiger partial charge in [-0.25, -0.2) is 4.99 Å². The van der Waals surface area contributed by atoms with Crippen LogP contribution in [0.15, 0.2) is 64.8 Å². The molecule has 2 aliphatic heterocycles. The number of hydrogen-bond donors (Lipinski definition) is 0. The molecule has 1 amide bonds. The smallest absolute Gasteiger partial charge is 0.239 e. The number of allylic oxidation sites excluding steroid dienone is 1. The fourth-order valence-corrected chi connectivity index (χ4v) is 4.65. The summed E-state index contributed by atoms with van der Waals surface area (Å²) >= 11 is 1.39. The quantitative estimate of drug-likeness (QED) is 0.700. The average molecular weight is 423 g/mol. The van der Waals surface area contributed by atoms with E-state index in [1.165, 1.54) is 18.7 Å². The molecule has 0 saturated carbocycles. The average Bonchev–Trinajstić information content (AvgIpc) is 3.11. The fraction of sp³-hybridized carbons (Fsp3) is 0.261. The first-order valence-corrected chi connectivity index (χ1v) is 10.6. The van der Waals surface area contributed by atoms with E-state index < -0.39 is 6.04 Å². The van der Waals surface area contributed by atoms with E-state index in [1.54, 1.807) is 12.0 Å². The van der Waals surface area contributed by atoms with Crippen LogP contribution in [0.25, 0.3) is 0 Å². The molecule has 7 heteroatoms. The molecule has 2 heterocycles. The standard InChI is InChI=1S/C23H22N2O4S/c1-14-21(15(2)26)22(25-20(27)13-30-23(25)24-14)17-9-10-18(19(11-17)28-3)29-12-16-7-5-4-6-8-16/h4-11,22H,12-13H2,1-3H3/t22-/m1/s1. The van der Waals surface area contributed by atoms with Crippen LogP contribution >= 0.6 is 11.8 Å². The molecular weight excluding hydrogens is 400 g/mol. The lowest BCUT2D eigenvalue weighted by atomic mass is 9.92. The Morgan fingerprint density at radius 3 is 2.67 bits per heavy atom. The van der Waals surface area contributed by atoms with Crippen LogP contribution in [-0.2, 0) is 16.2 Å². The number of Topliss-reactive ketones (excluding diaryl/α,β-unsaturated/α-hetero) is 1. The molecule has 2 aromatic rings. The van der Waals surface area contributed by atoms with Crippen LogP contribution in [0.2, 0.25) is 0 Å². The summed E-state index contributed by atoms with van der Waals surface area (Å²) in [7, 11) is 1.58. The summed E-state index contributed by atoms with van der Waals surface area (Å²) in [5.74, 6) is 1.31. The zero-order valence-corrected chi connectivity index (χ0v) is 17.9. The highest BCUT2D eigenvalue weighted by Gasteiger charge is 2.42. The second kappa shape index (κ2) is 8.36. The molecule has 0 aliphatic carbocycles. The van der Waals surface area contributed by atoms with Gasteiger partial charge in [-0.3, -0.25) is 14.5 Å². The highest BCUT2D eigenvalue weighted by molar-refractivity contribution is 8.15. The van der Waals surface area contributed by atoms with Gasteiger partial charge in [0.25, 0.3) is 0 Å². The van der Waals surface area contributed by atoms with Gasteiger partial charge in [-0.05, 0) is 37.1 Å². The van der Waals surface area contributed by atoms with Gasteiger partial charge in [0.15, 0.2) is 22.4 Å². The van der Waals surface area contributed by atoms with E-state index in [0.29, 0.717) is 40.3 Å². The summed E-state index contributed by atoms with van der Waals surface area (Å²) in [6.45, 7) is 3.73. The summed E-state index contributed by atoms with van der Waals surface area (Å²) in [5, 5.41) is 0.635. The van der Waals surface area contributed by atoms with Crippen LogP contribution in [0.1, 0.15) is 31.0 Å². The van der Waals surface area contributed by atoms with Crippen molar-refractivity contribution in [3.63, 3.8) is 0 Å². The first kappa shape index (κ1) is 20.2. The number of carbonyl (C=O) groups is 2. The fourth-order valence-electron chi connectivity index (χ4n) is 3.72. The SMILES string of the molecule is COc1cc([C@@H]2C(C(C)=O)=C(C)N=C3SCC(=O)N32)ccc1OCc1ccccc1. The monoisotopic (exact) mass is 422 g/mol. The number of hydrogen-bond acceptors (Lipinski definition) is 6. The number of ether oxygens (including phenoxy) is 2. The molecule has 0 spiro atoms. The maximum Gasteiger partial charge on any atom is 0.239 e. The molecule has 2 aromatic carbocycles. The number of ketones is 1. The van der Waals surface area contributed by atoms with Crippen LogP contribution in [0, 0.1) is 0 Å². The van der Waals surface area contributed by atoms with Gasteiger partial charge in [0.1, 0.15) is 6.61 Å². The molecular formula is C23H22N2O4S. The van der Waals surface area contributed by atoms with Crippen LogP contribution in [0.5, 0.6) is 11.5 Å². The van der Waals surface area contributed by atoms with Crippen molar-refractivity contribution >= 4 is 28.6 Å². The second-order valence-corrected chi connectivity index (χ2v) is 8.03. The number of carbonyl (C=O) groups excluding carboxylic acids is 2. The van der Waals surface area contributed by atoms with Crippen LogP contribution < -0.4 is 9.47 Å².